The van der Waals surface area contributed by atoms with Crippen molar-refractivity contribution in [1.29, 1.82) is 0 Å². The minimum absolute atomic E-state index is 0.0501. The van der Waals surface area contributed by atoms with Crippen LogP contribution in [0.3, 0.4) is 0 Å². The number of carboxylic acids is 1. The van der Waals surface area contributed by atoms with Crippen LogP contribution in [-0.2, 0) is 47.1 Å². The van der Waals surface area contributed by atoms with Crippen LogP contribution in [0.1, 0.15) is 132 Å². The van der Waals surface area contributed by atoms with Gasteiger partial charge in [-0.15, -0.1) is 0 Å². The summed E-state index contributed by atoms with van der Waals surface area (Å²) in [4.78, 5) is 74.9. The summed E-state index contributed by atoms with van der Waals surface area (Å²) < 4.78 is 41.4. The lowest BCUT2D eigenvalue weighted by Crippen LogP contribution is -2.70. The highest BCUT2D eigenvalue weighted by Gasteiger charge is 2.50. The zero-order valence-corrected chi connectivity index (χ0v) is 35.7. The molecule has 4 amide bonds. The molecule has 1 saturated heterocycles. The van der Waals surface area contributed by atoms with Gasteiger partial charge in [-0.2, -0.15) is 0 Å². The molecule has 9 atom stereocenters. The molecule has 0 spiro atoms. The maximum Gasteiger partial charge on any atom is 0.472 e. The molecule has 1 aliphatic rings. The summed E-state index contributed by atoms with van der Waals surface area (Å²) in [6.07, 6.45) is 8.27. The van der Waals surface area contributed by atoms with Crippen LogP contribution in [0.25, 0.3) is 0 Å². The number of nitrogens with one attached hydrogen (secondary N) is 1. The molecule has 338 valence electrons. The van der Waals surface area contributed by atoms with E-state index >= 15 is 0 Å². The van der Waals surface area contributed by atoms with Gasteiger partial charge in [0.25, 0.3) is 0 Å². The predicted molar refractivity (Wildman–Crippen MR) is 214 cm³/mol. The van der Waals surface area contributed by atoms with E-state index in [1.807, 2.05) is 0 Å². The van der Waals surface area contributed by atoms with Crippen LogP contribution in [0.2, 0.25) is 0 Å². The number of phosphoric ester groups is 1. The Hall–Kier alpha value is -2.74. The standard InChI is InChI=1S/C38H72N5O14P/c1-6-7-8-9-10-11-12-13-14-15-16-17-18-19-23-54-58(52,53)55-24-22-41-31(46)21-20-29(35(40)48)42(5)36(49)26(2)43(28(4)45)37-32(39)34(56-27(3)38(50)51)33(47)30(25-44)57-37/h26-27,29-30,32-34,37,44,47H,6-25,39H2,1-5H3,(H2,40,48)(H,41,46)(H,50,51)(H,52,53)/t26-,27+,29-,30+,32+,33+,34+,37?/m0/s1/i5D. The highest BCUT2D eigenvalue weighted by atomic mass is 31.2. The number of carbonyl (C=O) groups excluding carboxylic acids is 4. The summed E-state index contributed by atoms with van der Waals surface area (Å²) >= 11 is 0. The number of hydrogen-bond donors (Lipinski definition) is 7. The van der Waals surface area contributed by atoms with Crippen molar-refractivity contribution in [1.82, 2.24) is 15.1 Å². The fourth-order valence-corrected chi connectivity index (χ4v) is 7.43. The predicted octanol–water partition coefficient (Wildman–Crippen LogP) is 2.31. The van der Waals surface area contributed by atoms with Crippen molar-refractivity contribution in [2.45, 2.75) is 179 Å². The van der Waals surface area contributed by atoms with Gasteiger partial charge in [0.1, 0.15) is 30.4 Å². The number of likely N-dealkylation sites (N-methyl/N-ethyl adjacent to an activating group) is 1. The zero-order valence-electron chi connectivity index (χ0n) is 35.8. The Morgan fingerprint density at radius 2 is 1.47 bits per heavy atom. The number of nitrogens with two attached hydrogens (primary N) is 2. The summed E-state index contributed by atoms with van der Waals surface area (Å²) in [5, 5.41) is 32.3. The summed E-state index contributed by atoms with van der Waals surface area (Å²) in [6, 6.07) is -4.41. The topological polar surface area (TPSA) is 291 Å². The Labute approximate surface area is 344 Å². The first kappa shape index (κ1) is 51.4. The maximum absolute atomic E-state index is 13.8. The molecule has 1 fully saturated rings. The quantitative estimate of drug-likeness (QED) is 0.0378. The number of phosphoric acid groups is 1. The van der Waals surface area contributed by atoms with Crippen molar-refractivity contribution in [2.24, 2.45) is 11.5 Å². The van der Waals surface area contributed by atoms with E-state index < -0.39 is 99.8 Å². The summed E-state index contributed by atoms with van der Waals surface area (Å²) in [6.45, 7) is 4.46. The molecular weight excluding hydrogens is 781 g/mol. The van der Waals surface area contributed by atoms with Gasteiger partial charge in [-0.1, -0.05) is 90.4 Å². The van der Waals surface area contributed by atoms with Gasteiger partial charge in [0, 0.05) is 28.3 Å². The van der Waals surface area contributed by atoms with Gasteiger partial charge in [-0.3, -0.25) is 28.2 Å². The van der Waals surface area contributed by atoms with Gasteiger partial charge in [-0.05, 0) is 26.7 Å². The van der Waals surface area contributed by atoms with Gasteiger partial charge >= 0.3 is 13.8 Å². The Balaban J connectivity index is 2.59. The number of aliphatic hydroxyl groups is 2. The number of ether oxygens (including phenoxy) is 2. The Bertz CT molecular complexity index is 1320. The number of amides is 4. The molecule has 1 heterocycles. The van der Waals surface area contributed by atoms with Crippen molar-refractivity contribution in [3.8, 4) is 0 Å². The first-order chi connectivity index (χ1) is 27.9. The van der Waals surface area contributed by atoms with E-state index in [0.29, 0.717) is 6.42 Å². The number of unbranched alkanes of at least 4 members (excludes halogenated alkanes) is 13. The van der Waals surface area contributed by atoms with E-state index in [0.717, 1.165) is 36.0 Å². The van der Waals surface area contributed by atoms with Crippen molar-refractivity contribution in [3.63, 3.8) is 0 Å². The molecule has 2 unspecified atom stereocenters. The molecule has 1 aliphatic heterocycles. The van der Waals surface area contributed by atoms with Crippen molar-refractivity contribution in [3.05, 3.63) is 0 Å². The van der Waals surface area contributed by atoms with Crippen molar-refractivity contribution in [2.75, 3.05) is 33.4 Å². The molecule has 1 rings (SSSR count). The molecule has 19 nitrogen and oxygen atoms in total. The van der Waals surface area contributed by atoms with Gasteiger partial charge in [0.2, 0.25) is 23.6 Å². The van der Waals surface area contributed by atoms with E-state index in [9.17, 15) is 48.8 Å². The third-order valence-electron chi connectivity index (χ3n) is 10.1. The van der Waals surface area contributed by atoms with E-state index in [1.165, 1.54) is 78.1 Å². The largest absolute Gasteiger partial charge is 0.479 e. The average Bonchev–Trinajstić information content (AvgIpc) is 3.18. The highest BCUT2D eigenvalue weighted by Crippen LogP contribution is 2.43. The van der Waals surface area contributed by atoms with Gasteiger partial charge in [0.15, 0.2) is 12.3 Å². The first-order valence-electron chi connectivity index (χ1n) is 21.3. The number of hydrogen-bond acceptors (Lipinski definition) is 13. The van der Waals surface area contributed by atoms with E-state index in [1.54, 1.807) is 0 Å². The molecule has 0 aliphatic carbocycles. The normalized spacial score (nSPS) is 22.2. The van der Waals surface area contributed by atoms with Crippen LogP contribution in [0.15, 0.2) is 0 Å². The summed E-state index contributed by atoms with van der Waals surface area (Å²) in [5.74, 6) is -4.79. The molecule has 0 radical (unpaired) electrons. The lowest BCUT2D eigenvalue weighted by molar-refractivity contribution is -0.245. The number of carboxylic acid groups (broad SMARTS) is 1. The molecule has 0 saturated carbocycles. The van der Waals surface area contributed by atoms with Crippen molar-refractivity contribution < 1.29 is 68.6 Å². The number of rotatable bonds is 32. The van der Waals surface area contributed by atoms with Gasteiger partial charge in [-0.25, -0.2) is 9.36 Å². The van der Waals surface area contributed by atoms with Crippen LogP contribution in [0, 0.1) is 0 Å². The second-order valence-electron chi connectivity index (χ2n) is 14.8. The minimum Gasteiger partial charge on any atom is -0.479 e. The third-order valence-corrected chi connectivity index (χ3v) is 11.1. The molecule has 0 aromatic rings. The maximum atomic E-state index is 13.8. The van der Waals surface area contributed by atoms with Crippen LogP contribution in [0.4, 0.5) is 0 Å². The van der Waals surface area contributed by atoms with E-state index in [-0.39, 0.29) is 32.6 Å². The lowest BCUT2D eigenvalue weighted by atomic mass is 9.94. The van der Waals surface area contributed by atoms with Gasteiger partial charge in [0.05, 0.1) is 25.9 Å². The van der Waals surface area contributed by atoms with E-state index in [2.05, 4.69) is 12.2 Å². The highest BCUT2D eigenvalue weighted by molar-refractivity contribution is 7.47. The van der Waals surface area contributed by atoms with E-state index in [4.69, 9.17) is 31.4 Å². The lowest BCUT2D eigenvalue weighted by Gasteiger charge is -2.48. The summed E-state index contributed by atoms with van der Waals surface area (Å²) in [7, 11) is -5.17. The smallest absolute Gasteiger partial charge is 0.472 e. The molecule has 0 aromatic heterocycles. The molecular formula is C38H72N5O14P. The monoisotopic (exact) mass is 854 g/mol. The Morgan fingerprint density at radius 1 is 0.931 bits per heavy atom. The number of carbonyl (C=O) groups is 5. The van der Waals surface area contributed by atoms with Gasteiger partial charge < -0.3 is 56.3 Å². The number of aliphatic hydroxyl groups excluding tert-OH is 2. The van der Waals surface area contributed by atoms with Crippen LogP contribution < -0.4 is 16.8 Å². The molecule has 58 heavy (non-hydrogen) atoms. The minimum atomic E-state index is -4.35. The first-order valence-corrected chi connectivity index (χ1v) is 22.1. The number of primary amides is 1. The number of nitrogens with zero attached hydrogens (tertiary/aromatic N) is 2. The average molecular weight is 855 g/mol. The van der Waals surface area contributed by atoms with Crippen molar-refractivity contribution >= 4 is 37.4 Å². The molecule has 9 N–H and O–H groups in total. The molecule has 0 aromatic carbocycles. The van der Waals surface area contributed by atoms with Crippen LogP contribution in [-0.4, -0.2) is 142 Å². The molecule has 0 bridgehead atoms. The van der Waals surface area contributed by atoms with Crippen LogP contribution in [0.5, 0.6) is 0 Å². The fraction of sp³-hybridized carbons (Fsp3) is 0.868. The second-order valence-corrected chi connectivity index (χ2v) is 16.3. The Kier molecular flexibility index (Phi) is 25.4. The summed E-state index contributed by atoms with van der Waals surface area (Å²) in [5.41, 5.74) is 11.9. The fourth-order valence-electron chi connectivity index (χ4n) is 6.68. The zero-order chi connectivity index (χ0) is 44.5. The Morgan fingerprint density at radius 3 is 1.95 bits per heavy atom. The SMILES string of the molecule is [2H]CN(C(=O)[C@H](C)N(C(C)=O)C1O[C@H](CO)[C@@H](O)[C@H](O[C@H](C)C(=O)O)[C@H]1N)[C@@H](CCC(=O)NCCOP(=O)(O)OCCCCCCCCCCCCCCCC)C(N)=O. The van der Waals surface area contributed by atoms with Crippen LogP contribution >= 0.6 is 7.82 Å². The third kappa shape index (κ3) is 19.5. The number of aliphatic carboxylic acids is 1. The second kappa shape index (κ2) is 28.7. The molecule has 20 heteroatoms.